The first-order valence-electron chi connectivity index (χ1n) is 8.76. The van der Waals surface area contributed by atoms with Gasteiger partial charge >= 0.3 is 0 Å². The van der Waals surface area contributed by atoms with E-state index in [1.165, 1.54) is 26.2 Å². The standard InChI is InChI=1S/C18H25N5O2/c1-14(24)17-18(19-10-13-22-11-4-3-5-12-22)23(21-20-17)15-6-8-16(25-2)9-7-15/h6-9,19H,3-5,10-13H2,1-2H3. The molecule has 3 rings (SSSR count). The summed E-state index contributed by atoms with van der Waals surface area (Å²) in [6.45, 7) is 5.52. The van der Waals surface area contributed by atoms with Crippen LogP contribution in [0.2, 0.25) is 0 Å². The van der Waals surface area contributed by atoms with Crippen molar-refractivity contribution in [3.8, 4) is 11.4 Å². The average Bonchev–Trinajstić information content (AvgIpc) is 3.07. The van der Waals surface area contributed by atoms with Crippen LogP contribution < -0.4 is 10.1 Å². The molecule has 1 aliphatic rings. The second kappa shape index (κ2) is 8.11. The van der Waals surface area contributed by atoms with E-state index in [1.54, 1.807) is 11.8 Å². The molecule has 134 valence electrons. The van der Waals surface area contributed by atoms with Crippen LogP contribution in [-0.2, 0) is 0 Å². The highest BCUT2D eigenvalue weighted by Crippen LogP contribution is 2.21. The van der Waals surface area contributed by atoms with Crippen LogP contribution in [-0.4, -0.2) is 59.0 Å². The molecule has 0 radical (unpaired) electrons. The number of ketones is 1. The number of piperidine rings is 1. The Hall–Kier alpha value is -2.41. The first-order chi connectivity index (χ1) is 12.2. The van der Waals surface area contributed by atoms with Gasteiger partial charge in [-0.3, -0.25) is 4.79 Å². The summed E-state index contributed by atoms with van der Waals surface area (Å²) in [5.41, 5.74) is 1.20. The first kappa shape index (κ1) is 17.4. The van der Waals surface area contributed by atoms with Crippen molar-refractivity contribution in [2.45, 2.75) is 26.2 Å². The van der Waals surface area contributed by atoms with E-state index in [2.05, 4.69) is 20.5 Å². The second-order valence-electron chi connectivity index (χ2n) is 6.28. The molecule has 0 spiro atoms. The Morgan fingerprint density at radius 2 is 1.92 bits per heavy atom. The normalized spacial score (nSPS) is 15.1. The number of carbonyl (C=O) groups is 1. The number of rotatable bonds is 7. The van der Waals surface area contributed by atoms with E-state index >= 15 is 0 Å². The van der Waals surface area contributed by atoms with Crippen molar-refractivity contribution in [2.75, 3.05) is 38.6 Å². The Labute approximate surface area is 148 Å². The summed E-state index contributed by atoms with van der Waals surface area (Å²) in [6, 6.07) is 7.52. The van der Waals surface area contributed by atoms with E-state index in [9.17, 15) is 4.79 Å². The van der Waals surface area contributed by atoms with E-state index in [0.29, 0.717) is 11.5 Å². The number of aromatic nitrogens is 3. The van der Waals surface area contributed by atoms with E-state index in [4.69, 9.17) is 4.74 Å². The molecule has 0 aliphatic carbocycles. The number of anilines is 1. The Morgan fingerprint density at radius 1 is 1.20 bits per heavy atom. The summed E-state index contributed by atoms with van der Waals surface area (Å²) in [4.78, 5) is 14.3. The molecule has 1 saturated heterocycles. The van der Waals surface area contributed by atoms with Gasteiger partial charge in [0.25, 0.3) is 0 Å². The van der Waals surface area contributed by atoms with Gasteiger partial charge in [-0.05, 0) is 50.2 Å². The van der Waals surface area contributed by atoms with Crippen molar-refractivity contribution in [2.24, 2.45) is 0 Å². The lowest BCUT2D eigenvalue weighted by molar-refractivity contribution is 0.101. The lowest BCUT2D eigenvalue weighted by atomic mass is 10.1. The maximum atomic E-state index is 11.9. The van der Waals surface area contributed by atoms with Crippen molar-refractivity contribution in [1.82, 2.24) is 19.9 Å². The molecule has 0 saturated carbocycles. The quantitative estimate of drug-likeness (QED) is 0.778. The molecule has 25 heavy (non-hydrogen) atoms. The van der Waals surface area contributed by atoms with Gasteiger partial charge in [0.1, 0.15) is 5.75 Å². The first-order valence-corrected chi connectivity index (χ1v) is 8.76. The highest BCUT2D eigenvalue weighted by atomic mass is 16.5. The summed E-state index contributed by atoms with van der Waals surface area (Å²) >= 11 is 0. The highest BCUT2D eigenvalue weighted by Gasteiger charge is 2.18. The molecule has 1 aromatic heterocycles. The predicted octanol–water partition coefficient (Wildman–Crippen LogP) is 2.38. The lowest BCUT2D eigenvalue weighted by Crippen LogP contribution is -2.34. The highest BCUT2D eigenvalue weighted by molar-refractivity contribution is 5.96. The monoisotopic (exact) mass is 343 g/mol. The molecule has 0 bridgehead atoms. The van der Waals surface area contributed by atoms with Gasteiger partial charge in [-0.15, -0.1) is 5.10 Å². The molecular weight excluding hydrogens is 318 g/mol. The molecule has 0 atom stereocenters. The van der Waals surface area contributed by atoms with Gasteiger partial charge in [-0.2, -0.15) is 4.68 Å². The largest absolute Gasteiger partial charge is 0.497 e. The molecule has 7 heteroatoms. The minimum atomic E-state index is -0.0970. The van der Waals surface area contributed by atoms with Gasteiger partial charge < -0.3 is 15.0 Å². The minimum absolute atomic E-state index is 0.0970. The number of hydrogen-bond acceptors (Lipinski definition) is 6. The van der Waals surface area contributed by atoms with Gasteiger partial charge in [-0.25, -0.2) is 0 Å². The average molecular weight is 343 g/mol. The molecule has 2 aromatic rings. The third-order valence-electron chi connectivity index (χ3n) is 4.49. The number of benzene rings is 1. The third-order valence-corrected chi connectivity index (χ3v) is 4.49. The fraction of sp³-hybridized carbons (Fsp3) is 0.500. The number of likely N-dealkylation sites (tertiary alicyclic amines) is 1. The van der Waals surface area contributed by atoms with Crippen LogP contribution in [0.5, 0.6) is 5.75 Å². The summed E-state index contributed by atoms with van der Waals surface area (Å²) in [5, 5.41) is 11.6. The minimum Gasteiger partial charge on any atom is -0.497 e. The second-order valence-corrected chi connectivity index (χ2v) is 6.28. The van der Waals surface area contributed by atoms with Crippen molar-refractivity contribution in [3.05, 3.63) is 30.0 Å². The van der Waals surface area contributed by atoms with Crippen LogP contribution in [0.1, 0.15) is 36.7 Å². The summed E-state index contributed by atoms with van der Waals surface area (Å²) in [6.07, 6.45) is 3.86. The maximum Gasteiger partial charge on any atom is 0.183 e. The molecule has 0 amide bonds. The Balaban J connectivity index is 1.75. The fourth-order valence-electron chi connectivity index (χ4n) is 3.10. The third kappa shape index (κ3) is 4.17. The predicted molar refractivity (Wildman–Crippen MR) is 96.7 cm³/mol. The SMILES string of the molecule is COc1ccc(-n2nnc(C(C)=O)c2NCCN2CCCCC2)cc1. The Bertz CT molecular complexity index is 705. The van der Waals surface area contributed by atoms with Crippen LogP contribution in [0, 0.1) is 0 Å². The van der Waals surface area contributed by atoms with Gasteiger partial charge in [0.2, 0.25) is 0 Å². The van der Waals surface area contributed by atoms with Crippen molar-refractivity contribution in [3.63, 3.8) is 0 Å². The summed E-state index contributed by atoms with van der Waals surface area (Å²) in [5.74, 6) is 1.32. The molecule has 1 fully saturated rings. The number of nitrogens with zero attached hydrogens (tertiary/aromatic N) is 4. The number of carbonyl (C=O) groups excluding carboxylic acids is 1. The van der Waals surface area contributed by atoms with Gasteiger partial charge in [0.05, 0.1) is 12.8 Å². The van der Waals surface area contributed by atoms with Gasteiger partial charge in [-0.1, -0.05) is 11.6 Å². The van der Waals surface area contributed by atoms with Crippen LogP contribution in [0.3, 0.4) is 0 Å². The number of Topliss-reactive ketones (excluding diaryl/α,β-unsaturated/α-hetero) is 1. The molecule has 2 heterocycles. The van der Waals surface area contributed by atoms with Crippen LogP contribution in [0.4, 0.5) is 5.82 Å². The molecule has 1 N–H and O–H groups in total. The van der Waals surface area contributed by atoms with E-state index in [0.717, 1.165) is 37.6 Å². The molecule has 1 aliphatic heterocycles. The Kier molecular flexibility index (Phi) is 5.65. The topological polar surface area (TPSA) is 72.3 Å². The summed E-state index contributed by atoms with van der Waals surface area (Å²) in [7, 11) is 1.63. The zero-order valence-electron chi connectivity index (χ0n) is 14.9. The number of nitrogens with one attached hydrogen (secondary N) is 1. The Morgan fingerprint density at radius 3 is 2.56 bits per heavy atom. The molecule has 1 aromatic carbocycles. The number of methoxy groups -OCH3 is 1. The van der Waals surface area contributed by atoms with E-state index < -0.39 is 0 Å². The van der Waals surface area contributed by atoms with E-state index in [1.807, 2.05) is 24.3 Å². The summed E-state index contributed by atoms with van der Waals surface area (Å²) < 4.78 is 6.86. The lowest BCUT2D eigenvalue weighted by Gasteiger charge is -2.26. The fourth-order valence-corrected chi connectivity index (χ4v) is 3.10. The van der Waals surface area contributed by atoms with Crippen molar-refractivity contribution in [1.29, 1.82) is 0 Å². The zero-order valence-corrected chi connectivity index (χ0v) is 14.9. The van der Waals surface area contributed by atoms with Crippen molar-refractivity contribution >= 4 is 11.6 Å². The number of hydrogen-bond donors (Lipinski definition) is 1. The smallest absolute Gasteiger partial charge is 0.183 e. The van der Waals surface area contributed by atoms with Gasteiger partial charge in [0, 0.05) is 20.0 Å². The van der Waals surface area contributed by atoms with Gasteiger partial charge in [0.15, 0.2) is 17.3 Å². The van der Waals surface area contributed by atoms with Crippen molar-refractivity contribution < 1.29 is 9.53 Å². The zero-order chi connectivity index (χ0) is 17.6. The number of ether oxygens (including phenoxy) is 1. The molecular formula is C18H25N5O2. The van der Waals surface area contributed by atoms with Crippen LogP contribution in [0.25, 0.3) is 5.69 Å². The van der Waals surface area contributed by atoms with Crippen LogP contribution >= 0.6 is 0 Å². The molecule has 7 nitrogen and oxygen atoms in total. The van der Waals surface area contributed by atoms with E-state index in [-0.39, 0.29) is 5.78 Å². The van der Waals surface area contributed by atoms with Crippen LogP contribution in [0.15, 0.2) is 24.3 Å². The molecule has 0 unspecified atom stereocenters. The maximum absolute atomic E-state index is 11.9.